The van der Waals surface area contributed by atoms with Gasteiger partial charge in [0.25, 0.3) is 27.7 Å². The summed E-state index contributed by atoms with van der Waals surface area (Å²) in [6, 6.07) is 23.8. The molecule has 1 aliphatic rings. The average molecular weight is 1140 g/mol. The largest absolute Gasteiger partial charge is 0.379 e. The molecule has 0 saturated heterocycles. The molecule has 0 spiro atoms. The number of benzene rings is 3. The summed E-state index contributed by atoms with van der Waals surface area (Å²) in [6.07, 6.45) is 6.10. The first kappa shape index (κ1) is 67.7. The van der Waals surface area contributed by atoms with E-state index in [-0.39, 0.29) is 121 Å². The molecule has 3 unspecified atom stereocenters. The fraction of sp³-hybridized carbons (Fsp3) is 0.557. The molecule has 4 rings (SSSR count). The number of nitrogens with zero attached hydrogens (tertiary/aromatic N) is 1. The highest BCUT2D eigenvalue weighted by Crippen LogP contribution is 2.41. The third kappa shape index (κ3) is 20.8. The van der Waals surface area contributed by atoms with E-state index in [4.69, 9.17) is 25.7 Å². The van der Waals surface area contributed by atoms with Crippen molar-refractivity contribution in [3.63, 3.8) is 0 Å². The number of unbranched alkanes of at least 4 members (excludes halogenated alkanes) is 1. The Morgan fingerprint density at radius 1 is 0.753 bits per heavy atom. The molecule has 1 aliphatic heterocycles. The summed E-state index contributed by atoms with van der Waals surface area (Å²) in [7, 11) is -0.526. The molecule has 1 heterocycles. The van der Waals surface area contributed by atoms with Crippen molar-refractivity contribution in [2.24, 2.45) is 34.6 Å². The third-order valence-electron chi connectivity index (χ3n) is 14.9. The molecular formula is C61H93N9O10S. The summed E-state index contributed by atoms with van der Waals surface area (Å²) in [5.41, 5.74) is 15.0. The van der Waals surface area contributed by atoms with Crippen molar-refractivity contribution >= 4 is 45.2 Å². The maximum absolute atomic E-state index is 13.8. The number of hydrogen-bond donors (Lipinski definition) is 8. The molecule has 8 atom stereocenters. The van der Waals surface area contributed by atoms with Crippen LogP contribution < -0.4 is 42.8 Å². The molecule has 0 aliphatic carbocycles. The number of amides is 5. The first-order valence-electron chi connectivity index (χ1n) is 28.3. The number of hydrogen-bond acceptors (Lipinski definition) is 15. The third-order valence-corrected chi connectivity index (χ3v) is 16.2. The molecular weight excluding hydrogens is 1050 g/mol. The van der Waals surface area contributed by atoms with Gasteiger partial charge < -0.3 is 52.3 Å². The van der Waals surface area contributed by atoms with Crippen LogP contribution in [0, 0.1) is 23.2 Å². The number of anilines is 1. The van der Waals surface area contributed by atoms with Crippen LogP contribution in [0.4, 0.5) is 5.69 Å². The van der Waals surface area contributed by atoms with E-state index in [2.05, 4.69) is 91.9 Å². The van der Waals surface area contributed by atoms with Gasteiger partial charge in [-0.05, 0) is 106 Å². The summed E-state index contributed by atoms with van der Waals surface area (Å²) in [5.74, 6) is -2.77. The monoisotopic (exact) mass is 1140 g/mol. The van der Waals surface area contributed by atoms with Crippen LogP contribution in [0.1, 0.15) is 99.1 Å². The molecule has 3 aromatic rings. The van der Waals surface area contributed by atoms with E-state index in [0.29, 0.717) is 18.7 Å². The summed E-state index contributed by atoms with van der Waals surface area (Å²) in [4.78, 5) is 66.3. The Hall–Kier alpha value is -5.84. The topological polar surface area (TPSA) is 275 Å². The molecule has 10 N–H and O–H groups in total. The van der Waals surface area contributed by atoms with Gasteiger partial charge in [0.15, 0.2) is 0 Å². The minimum Gasteiger partial charge on any atom is -0.379 e. The smallest absolute Gasteiger partial charge is 0.264 e. The van der Waals surface area contributed by atoms with Gasteiger partial charge in [0, 0.05) is 65.8 Å². The van der Waals surface area contributed by atoms with Crippen LogP contribution in [0.5, 0.6) is 0 Å². The molecule has 20 heteroatoms. The van der Waals surface area contributed by atoms with E-state index in [9.17, 15) is 32.4 Å². The highest BCUT2D eigenvalue weighted by Gasteiger charge is 2.46. The van der Waals surface area contributed by atoms with Gasteiger partial charge in [-0.2, -0.15) is 0 Å². The Morgan fingerprint density at radius 2 is 1.33 bits per heavy atom. The zero-order valence-electron chi connectivity index (χ0n) is 49.6. The van der Waals surface area contributed by atoms with E-state index < -0.39 is 40.0 Å². The van der Waals surface area contributed by atoms with Crippen LogP contribution in [0.3, 0.4) is 0 Å². The quantitative estimate of drug-likeness (QED) is 0.0208. The van der Waals surface area contributed by atoms with Gasteiger partial charge in [0.1, 0.15) is 12.2 Å². The lowest BCUT2D eigenvalue weighted by molar-refractivity contribution is -0.140. The van der Waals surface area contributed by atoms with E-state index >= 15 is 0 Å². The molecule has 19 nitrogen and oxygen atoms in total. The Bertz CT molecular complexity index is 2610. The Labute approximate surface area is 482 Å². The number of carbonyl (C=O) groups is 5. The summed E-state index contributed by atoms with van der Waals surface area (Å²) >= 11 is 0. The lowest BCUT2D eigenvalue weighted by Crippen LogP contribution is -2.64. The number of imide groups is 1. The molecule has 0 aromatic heterocycles. The second-order valence-corrected chi connectivity index (χ2v) is 24.5. The number of ether oxygens (including phenoxy) is 3. The molecule has 81 heavy (non-hydrogen) atoms. The van der Waals surface area contributed by atoms with Crippen LogP contribution in [0.25, 0.3) is 0 Å². The van der Waals surface area contributed by atoms with E-state index in [1.54, 1.807) is 6.92 Å². The Kier molecular flexibility index (Phi) is 27.3. The molecule has 0 bridgehead atoms. The summed E-state index contributed by atoms with van der Waals surface area (Å²) in [5, 5.41) is 16.1. The van der Waals surface area contributed by atoms with Crippen molar-refractivity contribution in [1.29, 1.82) is 0 Å². The van der Waals surface area contributed by atoms with E-state index in [1.807, 2.05) is 75.6 Å². The number of sulfonamides is 1. The van der Waals surface area contributed by atoms with Gasteiger partial charge in [-0.3, -0.25) is 28.9 Å². The fourth-order valence-electron chi connectivity index (χ4n) is 10.6. The van der Waals surface area contributed by atoms with Crippen molar-refractivity contribution in [1.82, 2.24) is 30.9 Å². The predicted octanol–water partition coefficient (Wildman–Crippen LogP) is 5.32. The maximum Gasteiger partial charge on any atom is 0.264 e. The first-order chi connectivity index (χ1) is 38.4. The molecule has 0 saturated carbocycles. The van der Waals surface area contributed by atoms with E-state index in [1.165, 1.54) is 24.3 Å². The number of rotatable bonds is 36. The van der Waals surface area contributed by atoms with Crippen LogP contribution in [0.15, 0.2) is 114 Å². The molecule has 0 fully saturated rings. The average Bonchev–Trinajstić information content (AvgIpc) is 3.87. The van der Waals surface area contributed by atoms with Gasteiger partial charge in [-0.15, -0.1) is 0 Å². The zero-order chi connectivity index (χ0) is 59.9. The molecule has 5 amide bonds. The zero-order valence-corrected chi connectivity index (χ0v) is 50.4. The molecule has 3 aromatic carbocycles. The Morgan fingerprint density at radius 3 is 1.89 bits per heavy atom. The molecule has 0 radical (unpaired) electrons. The lowest BCUT2D eigenvalue weighted by Gasteiger charge is -2.50. The van der Waals surface area contributed by atoms with Crippen molar-refractivity contribution in [2.45, 2.75) is 141 Å². The minimum absolute atomic E-state index is 0.0316. The maximum atomic E-state index is 13.8. The second-order valence-electron chi connectivity index (χ2n) is 22.9. The van der Waals surface area contributed by atoms with Crippen molar-refractivity contribution in [3.8, 4) is 0 Å². The normalized spacial score (nSPS) is 16.3. The van der Waals surface area contributed by atoms with Gasteiger partial charge >= 0.3 is 0 Å². The van der Waals surface area contributed by atoms with Gasteiger partial charge in [0.2, 0.25) is 11.8 Å². The van der Waals surface area contributed by atoms with Crippen LogP contribution in [0.2, 0.25) is 0 Å². The van der Waals surface area contributed by atoms with Crippen molar-refractivity contribution in [2.75, 3.05) is 65.6 Å². The van der Waals surface area contributed by atoms with Crippen LogP contribution >= 0.6 is 0 Å². The van der Waals surface area contributed by atoms with Crippen LogP contribution in [-0.4, -0.2) is 140 Å². The number of carbonyl (C=O) groups excluding carboxylic acids is 5. The summed E-state index contributed by atoms with van der Waals surface area (Å²) < 4.78 is 46.8. The predicted molar refractivity (Wildman–Crippen MR) is 318 cm³/mol. The highest BCUT2D eigenvalue weighted by atomic mass is 32.2. The van der Waals surface area contributed by atoms with Gasteiger partial charge in [-0.1, -0.05) is 122 Å². The lowest BCUT2D eigenvalue weighted by atomic mass is 9.62. The van der Waals surface area contributed by atoms with Crippen LogP contribution in [-0.2, 0) is 60.0 Å². The minimum atomic E-state index is -4.36. The second kappa shape index (κ2) is 32.7. The SMILES string of the molecule is CNC([C@H](/C=C(\C)C(=O)NS(=O)(=O)c1ccc(NC(COCCOCCOCCC(=O)N[C@@H](Cc2ccccc2)C(=O)N[C@@H](C)CCCCN)N2C(=O)C=CC2=O)cc1)C(C)C)[C@@H](C(N)[C@@H](NC)C(C)(C)c1ccccc1)C(C)(C)C. The van der Waals surface area contributed by atoms with Gasteiger partial charge in [0.05, 0.1) is 44.5 Å². The van der Waals surface area contributed by atoms with Gasteiger partial charge in [-0.25, -0.2) is 13.1 Å². The van der Waals surface area contributed by atoms with E-state index in [0.717, 1.165) is 47.4 Å². The number of likely N-dealkylation sites (N-methyl/N-ethyl adjacent to an activating group) is 1. The molecule has 448 valence electrons. The fourth-order valence-corrected chi connectivity index (χ4v) is 11.6. The summed E-state index contributed by atoms with van der Waals surface area (Å²) in [6.45, 7) is 19.8. The first-order valence-corrected chi connectivity index (χ1v) is 29.7. The van der Waals surface area contributed by atoms with Crippen molar-refractivity contribution < 1.29 is 46.6 Å². The number of nitrogens with two attached hydrogens (primary N) is 2. The Balaban J connectivity index is 1.30. The standard InChI is InChI=1S/C61H93N9O10S/c1-41(2)48(56(64-10)54(60(5,6)7)55(63)57(65-11)61(8,9)45-23-16-13-17-24-45)38-42(3)58(74)69-81(76,77)47-27-25-46(26-28-47)67-50(70-52(72)29-30-53(70)73)40-80-37-36-79-35-34-78-33-31-51(71)68-49(39-44-21-14-12-15-22-44)59(75)66-43(4)20-18-19-32-62/h12-17,21-30,38,41,43,48-50,54-57,64-65,67H,18-20,31-37,39-40,62-63H2,1-11H3,(H,66,75)(H,68,71)(H,69,74)/b42-38+/t43-,48+,49-,50?,54+,55?,56?,57+/m0/s1. The highest BCUT2D eigenvalue weighted by molar-refractivity contribution is 7.90. The van der Waals surface area contributed by atoms with Crippen molar-refractivity contribution in [3.05, 3.63) is 120 Å². The number of nitrogens with one attached hydrogen (secondary N) is 6.